The Morgan fingerprint density at radius 2 is 1.96 bits per heavy atom. The van der Waals surface area contributed by atoms with Gasteiger partial charge in [0.1, 0.15) is 5.69 Å². The molecule has 0 aliphatic rings. The van der Waals surface area contributed by atoms with Crippen LogP contribution in [0.5, 0.6) is 0 Å². The van der Waals surface area contributed by atoms with Crippen LogP contribution in [0.25, 0.3) is 0 Å². The molecule has 23 heavy (non-hydrogen) atoms. The molecular weight excluding hydrogens is 365 g/mol. The van der Waals surface area contributed by atoms with Crippen LogP contribution in [0.4, 0.5) is 5.69 Å². The molecule has 1 heterocycles. The number of benzene rings is 1. The predicted molar refractivity (Wildman–Crippen MR) is 86.6 cm³/mol. The number of rotatable bonds is 4. The zero-order valence-corrected chi connectivity index (χ0v) is 14.8. The second-order valence-corrected chi connectivity index (χ2v) is 7.10. The SMILES string of the molecule is COC(=O)c1nn(C)c(C)c1NS(=O)(=O)c1ccc(Cl)c(Cl)c1. The minimum Gasteiger partial charge on any atom is -0.464 e. The third kappa shape index (κ3) is 3.44. The number of halogens is 2. The van der Waals surface area contributed by atoms with E-state index < -0.39 is 16.0 Å². The van der Waals surface area contributed by atoms with Crippen molar-refractivity contribution in [3.05, 3.63) is 39.6 Å². The summed E-state index contributed by atoms with van der Waals surface area (Å²) < 4.78 is 33.3. The molecule has 0 amide bonds. The first kappa shape index (κ1) is 17.6. The number of nitrogens with zero attached hydrogens (tertiary/aromatic N) is 2. The van der Waals surface area contributed by atoms with Crippen LogP contribution in [0.3, 0.4) is 0 Å². The molecule has 124 valence electrons. The van der Waals surface area contributed by atoms with Crippen LogP contribution in [0.1, 0.15) is 16.2 Å². The lowest BCUT2D eigenvalue weighted by molar-refractivity contribution is 0.0594. The van der Waals surface area contributed by atoms with Crippen molar-refractivity contribution in [2.75, 3.05) is 11.8 Å². The summed E-state index contributed by atoms with van der Waals surface area (Å²) >= 11 is 11.6. The summed E-state index contributed by atoms with van der Waals surface area (Å²) in [6, 6.07) is 3.89. The van der Waals surface area contributed by atoms with Crippen molar-refractivity contribution in [2.24, 2.45) is 7.05 Å². The van der Waals surface area contributed by atoms with Gasteiger partial charge in [-0.25, -0.2) is 13.2 Å². The number of esters is 1. The maximum Gasteiger partial charge on any atom is 0.360 e. The fourth-order valence-corrected chi connectivity index (χ4v) is 3.32. The minimum absolute atomic E-state index is 0.0467. The van der Waals surface area contributed by atoms with Gasteiger partial charge in [-0.15, -0.1) is 0 Å². The Balaban J connectivity index is 2.49. The number of nitrogens with one attached hydrogen (secondary N) is 1. The molecule has 0 atom stereocenters. The van der Waals surface area contributed by atoms with E-state index in [1.807, 2.05) is 0 Å². The highest BCUT2D eigenvalue weighted by Crippen LogP contribution is 2.28. The number of carbonyl (C=O) groups excluding carboxylic acids is 1. The Bertz CT molecular complexity index is 878. The standard InChI is InChI=1S/C13H13Cl2N3O4S/c1-7-11(12(13(19)22-3)16-18(7)2)17-23(20,21)8-4-5-9(14)10(15)6-8/h4-6,17H,1-3H3. The van der Waals surface area contributed by atoms with Crippen molar-refractivity contribution in [1.29, 1.82) is 0 Å². The summed E-state index contributed by atoms with van der Waals surface area (Å²) in [4.78, 5) is 11.7. The van der Waals surface area contributed by atoms with E-state index in [0.29, 0.717) is 5.69 Å². The number of ether oxygens (including phenoxy) is 1. The fraction of sp³-hybridized carbons (Fsp3) is 0.231. The Labute approximate surface area is 143 Å². The molecule has 0 bridgehead atoms. The largest absolute Gasteiger partial charge is 0.464 e. The zero-order chi connectivity index (χ0) is 17.4. The predicted octanol–water partition coefficient (Wildman–Crippen LogP) is 2.62. The topological polar surface area (TPSA) is 90.3 Å². The molecule has 0 unspecified atom stereocenters. The van der Waals surface area contributed by atoms with Crippen LogP contribution < -0.4 is 4.72 Å². The molecule has 10 heteroatoms. The first-order chi connectivity index (χ1) is 10.7. The molecule has 0 saturated heterocycles. The number of carbonyl (C=O) groups is 1. The number of aryl methyl sites for hydroxylation is 1. The molecule has 2 rings (SSSR count). The highest BCUT2D eigenvalue weighted by atomic mass is 35.5. The molecule has 7 nitrogen and oxygen atoms in total. The molecule has 0 fully saturated rings. The van der Waals surface area contributed by atoms with Crippen LogP contribution in [0.2, 0.25) is 10.0 Å². The van der Waals surface area contributed by atoms with Gasteiger partial charge in [0.15, 0.2) is 5.69 Å². The quantitative estimate of drug-likeness (QED) is 0.826. The molecule has 0 aliphatic carbocycles. The summed E-state index contributed by atoms with van der Waals surface area (Å²) in [6.07, 6.45) is 0. The van der Waals surface area contributed by atoms with E-state index in [-0.39, 0.29) is 26.3 Å². The van der Waals surface area contributed by atoms with Crippen molar-refractivity contribution in [2.45, 2.75) is 11.8 Å². The van der Waals surface area contributed by atoms with Crippen LogP contribution in [0.15, 0.2) is 23.1 Å². The number of anilines is 1. The van der Waals surface area contributed by atoms with Gasteiger partial charge in [-0.2, -0.15) is 5.10 Å². The molecule has 1 aromatic heterocycles. The minimum atomic E-state index is -3.98. The van der Waals surface area contributed by atoms with Crippen LogP contribution in [-0.2, 0) is 21.8 Å². The highest BCUT2D eigenvalue weighted by Gasteiger charge is 2.25. The van der Waals surface area contributed by atoms with Crippen molar-refractivity contribution in [3.63, 3.8) is 0 Å². The second kappa shape index (κ2) is 6.38. The molecule has 0 aliphatic heterocycles. The third-order valence-corrected chi connectivity index (χ3v) is 5.24. The average Bonchev–Trinajstić information content (AvgIpc) is 2.77. The Morgan fingerprint density at radius 1 is 1.30 bits per heavy atom. The third-order valence-electron chi connectivity index (χ3n) is 3.15. The molecule has 0 spiro atoms. The van der Waals surface area contributed by atoms with Crippen LogP contribution in [-0.4, -0.2) is 31.3 Å². The van der Waals surface area contributed by atoms with E-state index in [2.05, 4.69) is 14.6 Å². The lowest BCUT2D eigenvalue weighted by Crippen LogP contribution is -2.16. The van der Waals surface area contributed by atoms with E-state index >= 15 is 0 Å². The Kier molecular flexibility index (Phi) is 4.88. The van der Waals surface area contributed by atoms with E-state index in [1.165, 1.54) is 30.0 Å². The van der Waals surface area contributed by atoms with Crippen molar-refractivity contribution in [1.82, 2.24) is 9.78 Å². The van der Waals surface area contributed by atoms with E-state index in [0.717, 1.165) is 0 Å². The lowest BCUT2D eigenvalue weighted by Gasteiger charge is -2.09. The number of hydrogen-bond donors (Lipinski definition) is 1. The molecule has 0 saturated carbocycles. The van der Waals surface area contributed by atoms with Gasteiger partial charge in [-0.05, 0) is 25.1 Å². The molecular formula is C13H13Cl2N3O4S. The lowest BCUT2D eigenvalue weighted by atomic mass is 10.3. The Morgan fingerprint density at radius 3 is 2.52 bits per heavy atom. The van der Waals surface area contributed by atoms with Crippen molar-refractivity contribution in [3.8, 4) is 0 Å². The second-order valence-electron chi connectivity index (χ2n) is 4.61. The molecule has 1 N–H and O–H groups in total. The summed E-state index contributed by atoms with van der Waals surface area (Å²) in [5, 5.41) is 4.30. The zero-order valence-electron chi connectivity index (χ0n) is 12.4. The first-order valence-corrected chi connectivity index (χ1v) is 8.51. The maximum atomic E-state index is 12.5. The smallest absolute Gasteiger partial charge is 0.360 e. The molecule has 1 aromatic carbocycles. The van der Waals surface area contributed by atoms with Gasteiger partial charge in [-0.3, -0.25) is 9.40 Å². The number of sulfonamides is 1. The van der Waals surface area contributed by atoms with Crippen LogP contribution in [0, 0.1) is 6.92 Å². The fourth-order valence-electron chi connectivity index (χ4n) is 1.81. The van der Waals surface area contributed by atoms with Gasteiger partial charge in [0.2, 0.25) is 0 Å². The monoisotopic (exact) mass is 377 g/mol. The summed E-state index contributed by atoms with van der Waals surface area (Å²) in [6.45, 7) is 1.62. The van der Waals surface area contributed by atoms with E-state index in [4.69, 9.17) is 23.2 Å². The molecule has 2 aromatic rings. The van der Waals surface area contributed by atoms with Gasteiger partial charge in [-0.1, -0.05) is 23.2 Å². The maximum absolute atomic E-state index is 12.5. The van der Waals surface area contributed by atoms with Gasteiger partial charge in [0.05, 0.1) is 27.7 Å². The Hall–Kier alpha value is -1.77. The van der Waals surface area contributed by atoms with Gasteiger partial charge < -0.3 is 4.74 Å². The normalized spacial score (nSPS) is 11.3. The number of hydrogen-bond acceptors (Lipinski definition) is 5. The summed E-state index contributed by atoms with van der Waals surface area (Å²) in [5.74, 6) is -0.750. The summed E-state index contributed by atoms with van der Waals surface area (Å²) in [7, 11) is -1.21. The van der Waals surface area contributed by atoms with E-state index in [1.54, 1.807) is 14.0 Å². The van der Waals surface area contributed by atoms with Crippen molar-refractivity contribution >= 4 is 44.9 Å². The highest BCUT2D eigenvalue weighted by molar-refractivity contribution is 7.92. The number of aromatic nitrogens is 2. The van der Waals surface area contributed by atoms with E-state index in [9.17, 15) is 13.2 Å². The average molecular weight is 378 g/mol. The molecule has 0 radical (unpaired) electrons. The van der Waals surface area contributed by atoms with Gasteiger partial charge in [0.25, 0.3) is 10.0 Å². The van der Waals surface area contributed by atoms with Crippen molar-refractivity contribution < 1.29 is 17.9 Å². The first-order valence-electron chi connectivity index (χ1n) is 6.27. The van der Waals surface area contributed by atoms with Gasteiger partial charge >= 0.3 is 5.97 Å². The number of methoxy groups -OCH3 is 1. The summed E-state index contributed by atoms with van der Waals surface area (Å²) in [5.41, 5.74) is 0.371. The van der Waals surface area contributed by atoms with Crippen LogP contribution >= 0.6 is 23.2 Å². The van der Waals surface area contributed by atoms with Gasteiger partial charge in [0, 0.05) is 7.05 Å².